The summed E-state index contributed by atoms with van der Waals surface area (Å²) in [6, 6.07) is 0.122. The van der Waals surface area contributed by atoms with Gasteiger partial charge in [-0.25, -0.2) is 0 Å². The molecule has 4 heteroatoms. The van der Waals surface area contributed by atoms with E-state index in [4.69, 9.17) is 10.5 Å². The van der Waals surface area contributed by atoms with Gasteiger partial charge in [-0.15, -0.1) is 0 Å². The molecule has 1 atom stereocenters. The third kappa shape index (κ3) is 8.18. The molecule has 0 radical (unpaired) electrons. The van der Waals surface area contributed by atoms with Gasteiger partial charge in [0.15, 0.2) is 0 Å². The molecule has 0 fully saturated rings. The van der Waals surface area contributed by atoms with Crippen molar-refractivity contribution in [2.45, 2.75) is 6.04 Å². The molecule has 0 aromatic rings. The maximum absolute atomic E-state index is 5.81. The second-order valence-electron chi connectivity index (χ2n) is 3.78. The fourth-order valence-electron chi connectivity index (χ4n) is 1.13. The van der Waals surface area contributed by atoms with Crippen molar-refractivity contribution < 1.29 is 4.74 Å². The molecule has 0 saturated heterocycles. The molecular weight excluding hydrogens is 166 g/mol. The Morgan fingerprint density at radius 2 is 1.85 bits per heavy atom. The minimum atomic E-state index is 0.122. The van der Waals surface area contributed by atoms with Crippen molar-refractivity contribution >= 4 is 0 Å². The van der Waals surface area contributed by atoms with Gasteiger partial charge in [0.2, 0.25) is 0 Å². The van der Waals surface area contributed by atoms with Gasteiger partial charge >= 0.3 is 0 Å². The van der Waals surface area contributed by atoms with E-state index in [1.165, 1.54) is 0 Å². The Bertz CT molecular complexity index is 119. The lowest BCUT2D eigenvalue weighted by Crippen LogP contribution is -2.40. The predicted molar refractivity (Wildman–Crippen MR) is 55.9 cm³/mol. The maximum atomic E-state index is 5.81. The van der Waals surface area contributed by atoms with Crippen LogP contribution in [0, 0.1) is 0 Å². The lowest BCUT2D eigenvalue weighted by molar-refractivity contribution is 0.158. The van der Waals surface area contributed by atoms with E-state index < -0.39 is 0 Å². The van der Waals surface area contributed by atoms with Crippen molar-refractivity contribution in [2.24, 2.45) is 5.73 Å². The van der Waals surface area contributed by atoms with Gasteiger partial charge in [-0.1, -0.05) is 0 Å². The Kier molecular flexibility index (Phi) is 7.17. The van der Waals surface area contributed by atoms with Crippen molar-refractivity contribution in [3.63, 3.8) is 0 Å². The van der Waals surface area contributed by atoms with Gasteiger partial charge < -0.3 is 20.3 Å². The van der Waals surface area contributed by atoms with Crippen molar-refractivity contribution in [3.8, 4) is 0 Å². The van der Waals surface area contributed by atoms with E-state index >= 15 is 0 Å². The van der Waals surface area contributed by atoms with Gasteiger partial charge in [-0.3, -0.25) is 0 Å². The Morgan fingerprint density at radius 3 is 2.31 bits per heavy atom. The first kappa shape index (κ1) is 12.8. The SMILES string of the molecule is COCC(N)CN(C)CCN(C)C. The Labute approximate surface area is 81.6 Å². The van der Waals surface area contributed by atoms with Crippen molar-refractivity contribution in [2.75, 3.05) is 54.5 Å². The molecule has 13 heavy (non-hydrogen) atoms. The number of ether oxygens (including phenoxy) is 1. The molecule has 0 saturated carbocycles. The predicted octanol–water partition coefficient (Wildman–Crippen LogP) is -0.546. The largest absolute Gasteiger partial charge is 0.383 e. The minimum absolute atomic E-state index is 0.122. The molecule has 0 aliphatic heterocycles. The van der Waals surface area contributed by atoms with Crippen LogP contribution in [0.2, 0.25) is 0 Å². The van der Waals surface area contributed by atoms with Crippen molar-refractivity contribution in [1.29, 1.82) is 0 Å². The highest BCUT2D eigenvalue weighted by Gasteiger charge is 2.05. The van der Waals surface area contributed by atoms with E-state index in [1.807, 2.05) is 0 Å². The van der Waals surface area contributed by atoms with Crippen molar-refractivity contribution in [3.05, 3.63) is 0 Å². The van der Waals surface area contributed by atoms with Crippen LogP contribution in [0.3, 0.4) is 0 Å². The van der Waals surface area contributed by atoms with Crippen molar-refractivity contribution in [1.82, 2.24) is 9.80 Å². The first-order chi connectivity index (χ1) is 6.06. The van der Waals surface area contributed by atoms with Gasteiger partial charge in [0.05, 0.1) is 6.61 Å². The second kappa shape index (κ2) is 7.26. The molecule has 0 heterocycles. The van der Waals surface area contributed by atoms with E-state index in [0.717, 1.165) is 19.6 Å². The van der Waals surface area contributed by atoms with Crippen LogP contribution in [0.4, 0.5) is 0 Å². The van der Waals surface area contributed by atoms with E-state index in [-0.39, 0.29) is 6.04 Å². The molecule has 2 N–H and O–H groups in total. The van der Waals surface area contributed by atoms with Gasteiger partial charge in [-0.2, -0.15) is 0 Å². The summed E-state index contributed by atoms with van der Waals surface area (Å²) in [5.74, 6) is 0. The number of nitrogens with two attached hydrogens (primary N) is 1. The lowest BCUT2D eigenvalue weighted by atomic mass is 10.3. The van der Waals surface area contributed by atoms with Gasteiger partial charge in [0.25, 0.3) is 0 Å². The smallest absolute Gasteiger partial charge is 0.0626 e. The molecular formula is C9H23N3O. The maximum Gasteiger partial charge on any atom is 0.0626 e. The molecule has 4 nitrogen and oxygen atoms in total. The summed E-state index contributed by atoms with van der Waals surface area (Å²) in [5.41, 5.74) is 5.81. The zero-order chi connectivity index (χ0) is 10.3. The van der Waals surface area contributed by atoms with Crippen LogP contribution in [-0.2, 0) is 4.74 Å². The molecule has 0 amide bonds. The first-order valence-electron chi connectivity index (χ1n) is 4.64. The van der Waals surface area contributed by atoms with Crippen LogP contribution in [-0.4, -0.2) is 70.3 Å². The number of methoxy groups -OCH3 is 1. The first-order valence-corrected chi connectivity index (χ1v) is 4.64. The molecule has 0 aromatic carbocycles. The van der Waals surface area contributed by atoms with Crippen LogP contribution in [0.5, 0.6) is 0 Å². The van der Waals surface area contributed by atoms with E-state index in [1.54, 1.807) is 7.11 Å². The minimum Gasteiger partial charge on any atom is -0.383 e. The highest BCUT2D eigenvalue weighted by molar-refractivity contribution is 4.65. The summed E-state index contributed by atoms with van der Waals surface area (Å²) in [6.07, 6.45) is 0. The molecule has 0 spiro atoms. The van der Waals surface area contributed by atoms with Gasteiger partial charge in [0, 0.05) is 32.8 Å². The third-order valence-corrected chi connectivity index (χ3v) is 1.86. The van der Waals surface area contributed by atoms with Gasteiger partial charge in [0.1, 0.15) is 0 Å². The fraction of sp³-hybridized carbons (Fsp3) is 1.00. The third-order valence-electron chi connectivity index (χ3n) is 1.86. The summed E-state index contributed by atoms with van der Waals surface area (Å²) < 4.78 is 4.97. The Hall–Kier alpha value is -0.160. The molecule has 0 bridgehead atoms. The molecule has 0 rings (SSSR count). The van der Waals surface area contributed by atoms with E-state index in [0.29, 0.717) is 6.61 Å². The highest BCUT2D eigenvalue weighted by Crippen LogP contribution is 1.88. The second-order valence-corrected chi connectivity index (χ2v) is 3.78. The Balaban J connectivity index is 3.43. The zero-order valence-electron chi connectivity index (χ0n) is 9.29. The van der Waals surface area contributed by atoms with Gasteiger partial charge in [-0.05, 0) is 21.1 Å². The average Bonchev–Trinajstić information content (AvgIpc) is 2.01. The number of rotatable bonds is 7. The number of hydrogen-bond donors (Lipinski definition) is 1. The van der Waals surface area contributed by atoms with E-state index in [9.17, 15) is 0 Å². The Morgan fingerprint density at radius 1 is 1.23 bits per heavy atom. The summed E-state index contributed by atoms with van der Waals surface area (Å²) in [6.45, 7) is 3.63. The van der Waals surface area contributed by atoms with E-state index in [2.05, 4.69) is 30.9 Å². The molecule has 0 aliphatic carbocycles. The summed E-state index contributed by atoms with van der Waals surface area (Å²) in [4.78, 5) is 4.39. The average molecular weight is 189 g/mol. The number of nitrogens with zero attached hydrogens (tertiary/aromatic N) is 2. The normalized spacial score (nSPS) is 14.1. The van der Waals surface area contributed by atoms with Crippen LogP contribution in [0.25, 0.3) is 0 Å². The number of hydrogen-bond acceptors (Lipinski definition) is 4. The van der Waals surface area contributed by atoms with Crippen LogP contribution >= 0.6 is 0 Å². The summed E-state index contributed by atoms with van der Waals surface area (Å²) in [5, 5.41) is 0. The highest BCUT2D eigenvalue weighted by atomic mass is 16.5. The molecule has 0 aliphatic rings. The summed E-state index contributed by atoms with van der Waals surface area (Å²) >= 11 is 0. The lowest BCUT2D eigenvalue weighted by Gasteiger charge is -2.22. The monoisotopic (exact) mass is 189 g/mol. The molecule has 1 unspecified atom stereocenters. The molecule has 0 aromatic heterocycles. The van der Waals surface area contributed by atoms with Crippen LogP contribution < -0.4 is 5.73 Å². The number of likely N-dealkylation sites (N-methyl/N-ethyl adjacent to an activating group) is 2. The zero-order valence-corrected chi connectivity index (χ0v) is 9.29. The van der Waals surface area contributed by atoms with Crippen LogP contribution in [0.1, 0.15) is 0 Å². The van der Waals surface area contributed by atoms with Crippen LogP contribution in [0.15, 0.2) is 0 Å². The topological polar surface area (TPSA) is 41.7 Å². The quantitative estimate of drug-likeness (QED) is 0.584. The summed E-state index contributed by atoms with van der Waals surface area (Å²) in [7, 11) is 7.91. The standard InChI is InChI=1S/C9H23N3O/c1-11(2)5-6-12(3)7-9(10)8-13-4/h9H,5-8,10H2,1-4H3. The fourth-order valence-corrected chi connectivity index (χ4v) is 1.13. The molecule has 80 valence electrons.